The third kappa shape index (κ3) is 2.53. The molecule has 0 saturated heterocycles. The Labute approximate surface area is 95.5 Å². The molecule has 2 atom stereocenters. The number of aryl methyl sites for hydroxylation is 1. The highest BCUT2D eigenvalue weighted by molar-refractivity contribution is 5.48. The fourth-order valence-electron chi connectivity index (χ4n) is 2.23. The fourth-order valence-corrected chi connectivity index (χ4v) is 2.23. The summed E-state index contributed by atoms with van der Waals surface area (Å²) in [4.78, 5) is 0. The van der Waals surface area contributed by atoms with E-state index in [-0.39, 0.29) is 18.0 Å². The molecular weight excluding hydrogens is 205 g/mol. The lowest BCUT2D eigenvalue weighted by atomic mass is 9.92. The lowest BCUT2D eigenvalue weighted by Crippen LogP contribution is -2.36. The number of hydrogen-bond donors (Lipinski definition) is 2. The van der Waals surface area contributed by atoms with E-state index < -0.39 is 0 Å². The van der Waals surface area contributed by atoms with Crippen LogP contribution in [0.15, 0.2) is 18.2 Å². The molecule has 1 fully saturated rings. The molecule has 0 spiro atoms. The van der Waals surface area contributed by atoms with Gasteiger partial charge in [-0.15, -0.1) is 0 Å². The number of nitrogens with one attached hydrogen (secondary N) is 1. The molecule has 0 radical (unpaired) electrons. The summed E-state index contributed by atoms with van der Waals surface area (Å²) >= 11 is 0. The number of rotatable bonds is 2. The number of anilines is 1. The second-order valence-electron chi connectivity index (χ2n) is 4.59. The second kappa shape index (κ2) is 4.83. The Morgan fingerprint density at radius 2 is 2.06 bits per heavy atom. The van der Waals surface area contributed by atoms with Crippen molar-refractivity contribution in [3.63, 3.8) is 0 Å². The van der Waals surface area contributed by atoms with Crippen molar-refractivity contribution in [2.75, 3.05) is 5.32 Å². The van der Waals surface area contributed by atoms with Crippen LogP contribution in [0.4, 0.5) is 10.1 Å². The first-order valence-electron chi connectivity index (χ1n) is 5.87. The quantitative estimate of drug-likeness (QED) is 0.808. The molecule has 0 amide bonds. The summed E-state index contributed by atoms with van der Waals surface area (Å²) in [6.07, 6.45) is 3.53. The van der Waals surface area contributed by atoms with Gasteiger partial charge in [-0.1, -0.05) is 18.9 Å². The third-order valence-corrected chi connectivity index (χ3v) is 3.19. The van der Waals surface area contributed by atoms with E-state index in [0.29, 0.717) is 5.69 Å². The van der Waals surface area contributed by atoms with Gasteiger partial charge in [0, 0.05) is 0 Å². The average molecular weight is 223 g/mol. The molecule has 16 heavy (non-hydrogen) atoms. The number of halogens is 1. The second-order valence-corrected chi connectivity index (χ2v) is 4.59. The molecule has 0 aromatic heterocycles. The number of benzene rings is 1. The van der Waals surface area contributed by atoms with E-state index in [1.807, 2.05) is 6.92 Å². The van der Waals surface area contributed by atoms with Gasteiger partial charge in [0.1, 0.15) is 5.82 Å². The van der Waals surface area contributed by atoms with Gasteiger partial charge in [0.15, 0.2) is 0 Å². The van der Waals surface area contributed by atoms with Crippen molar-refractivity contribution in [1.82, 2.24) is 0 Å². The minimum absolute atomic E-state index is 0.00921. The average Bonchev–Trinajstić information content (AvgIpc) is 2.27. The molecule has 0 aliphatic heterocycles. The van der Waals surface area contributed by atoms with E-state index in [1.165, 1.54) is 6.07 Å². The number of aliphatic hydroxyl groups is 1. The third-order valence-electron chi connectivity index (χ3n) is 3.19. The zero-order chi connectivity index (χ0) is 11.5. The zero-order valence-electron chi connectivity index (χ0n) is 9.54. The predicted octanol–water partition coefficient (Wildman–Crippen LogP) is 2.85. The Kier molecular flexibility index (Phi) is 3.44. The Balaban J connectivity index is 2.10. The molecule has 2 nitrogen and oxygen atoms in total. The SMILES string of the molecule is Cc1ccc(F)c(NC2CCCCC2O)c1. The first kappa shape index (κ1) is 11.4. The summed E-state index contributed by atoms with van der Waals surface area (Å²) in [7, 11) is 0. The predicted molar refractivity (Wildman–Crippen MR) is 63.0 cm³/mol. The minimum Gasteiger partial charge on any atom is -0.391 e. The Bertz CT molecular complexity index is 367. The Morgan fingerprint density at radius 1 is 1.31 bits per heavy atom. The van der Waals surface area contributed by atoms with E-state index in [4.69, 9.17) is 0 Å². The topological polar surface area (TPSA) is 32.3 Å². The van der Waals surface area contributed by atoms with Crippen LogP contribution in [-0.2, 0) is 0 Å². The Morgan fingerprint density at radius 3 is 2.81 bits per heavy atom. The van der Waals surface area contributed by atoms with Crippen LogP contribution in [0.5, 0.6) is 0 Å². The largest absolute Gasteiger partial charge is 0.391 e. The summed E-state index contributed by atoms with van der Waals surface area (Å²) in [5.74, 6) is -0.247. The van der Waals surface area contributed by atoms with E-state index in [2.05, 4.69) is 5.32 Å². The van der Waals surface area contributed by atoms with Gasteiger partial charge in [0.05, 0.1) is 17.8 Å². The van der Waals surface area contributed by atoms with Gasteiger partial charge in [-0.2, -0.15) is 0 Å². The fraction of sp³-hybridized carbons (Fsp3) is 0.538. The Hall–Kier alpha value is -1.09. The van der Waals surface area contributed by atoms with E-state index >= 15 is 0 Å². The molecule has 1 aliphatic rings. The zero-order valence-corrected chi connectivity index (χ0v) is 9.54. The van der Waals surface area contributed by atoms with E-state index in [0.717, 1.165) is 31.2 Å². The highest BCUT2D eigenvalue weighted by Crippen LogP contribution is 2.24. The maximum absolute atomic E-state index is 13.5. The molecule has 0 bridgehead atoms. The maximum atomic E-state index is 13.5. The summed E-state index contributed by atoms with van der Waals surface area (Å²) in [5.41, 5.74) is 1.53. The van der Waals surface area contributed by atoms with Gasteiger partial charge in [-0.05, 0) is 37.5 Å². The standard InChI is InChI=1S/C13H18FNO/c1-9-6-7-10(14)12(8-9)15-11-4-2-3-5-13(11)16/h6-8,11,13,15-16H,2-5H2,1H3. The van der Waals surface area contributed by atoms with Crippen LogP contribution in [0.2, 0.25) is 0 Å². The van der Waals surface area contributed by atoms with Crippen molar-refractivity contribution in [3.8, 4) is 0 Å². The van der Waals surface area contributed by atoms with Crippen molar-refractivity contribution in [1.29, 1.82) is 0 Å². The van der Waals surface area contributed by atoms with Crippen LogP contribution < -0.4 is 5.32 Å². The van der Waals surface area contributed by atoms with Gasteiger partial charge in [0.2, 0.25) is 0 Å². The van der Waals surface area contributed by atoms with Crippen LogP contribution in [0.25, 0.3) is 0 Å². The lowest BCUT2D eigenvalue weighted by Gasteiger charge is -2.29. The molecule has 88 valence electrons. The minimum atomic E-state index is -0.353. The number of hydrogen-bond acceptors (Lipinski definition) is 2. The summed E-state index contributed by atoms with van der Waals surface area (Å²) in [6.45, 7) is 1.93. The molecule has 1 aromatic rings. The highest BCUT2D eigenvalue weighted by atomic mass is 19.1. The van der Waals surface area contributed by atoms with Gasteiger partial charge in [0.25, 0.3) is 0 Å². The number of aliphatic hydroxyl groups excluding tert-OH is 1. The van der Waals surface area contributed by atoms with Gasteiger partial charge >= 0.3 is 0 Å². The van der Waals surface area contributed by atoms with Crippen LogP contribution in [0.1, 0.15) is 31.2 Å². The molecule has 1 aliphatic carbocycles. The van der Waals surface area contributed by atoms with Crippen molar-refractivity contribution in [2.45, 2.75) is 44.8 Å². The van der Waals surface area contributed by atoms with Crippen molar-refractivity contribution in [3.05, 3.63) is 29.6 Å². The molecular formula is C13H18FNO. The summed E-state index contributed by atoms with van der Waals surface area (Å²) in [6, 6.07) is 4.99. The first-order chi connectivity index (χ1) is 7.66. The van der Waals surface area contributed by atoms with E-state index in [1.54, 1.807) is 12.1 Å². The van der Waals surface area contributed by atoms with Crippen LogP contribution in [0, 0.1) is 12.7 Å². The monoisotopic (exact) mass is 223 g/mol. The van der Waals surface area contributed by atoms with Crippen LogP contribution in [-0.4, -0.2) is 17.3 Å². The normalized spacial score (nSPS) is 25.4. The lowest BCUT2D eigenvalue weighted by molar-refractivity contribution is 0.116. The smallest absolute Gasteiger partial charge is 0.146 e. The molecule has 2 unspecified atom stereocenters. The van der Waals surface area contributed by atoms with Crippen molar-refractivity contribution < 1.29 is 9.50 Å². The highest BCUT2D eigenvalue weighted by Gasteiger charge is 2.23. The maximum Gasteiger partial charge on any atom is 0.146 e. The van der Waals surface area contributed by atoms with Gasteiger partial charge < -0.3 is 10.4 Å². The first-order valence-corrected chi connectivity index (χ1v) is 5.87. The van der Waals surface area contributed by atoms with E-state index in [9.17, 15) is 9.50 Å². The van der Waals surface area contributed by atoms with Crippen LogP contribution >= 0.6 is 0 Å². The molecule has 0 heterocycles. The molecule has 1 saturated carbocycles. The summed E-state index contributed by atoms with van der Waals surface area (Å²) in [5, 5.41) is 12.9. The molecule has 3 heteroatoms. The molecule has 2 N–H and O–H groups in total. The molecule has 2 rings (SSSR count). The van der Waals surface area contributed by atoms with Gasteiger partial charge in [-0.3, -0.25) is 0 Å². The summed E-state index contributed by atoms with van der Waals surface area (Å²) < 4.78 is 13.5. The van der Waals surface area contributed by atoms with Gasteiger partial charge in [-0.25, -0.2) is 4.39 Å². The van der Waals surface area contributed by atoms with Crippen molar-refractivity contribution >= 4 is 5.69 Å². The molecule has 1 aromatic carbocycles. The van der Waals surface area contributed by atoms with Crippen molar-refractivity contribution in [2.24, 2.45) is 0 Å². The van der Waals surface area contributed by atoms with Crippen LogP contribution in [0.3, 0.4) is 0 Å².